The molecule has 0 aliphatic carbocycles. The summed E-state index contributed by atoms with van der Waals surface area (Å²) in [6.07, 6.45) is -4.56. The highest BCUT2D eigenvalue weighted by molar-refractivity contribution is 5.85. The number of hydrogen-bond donors (Lipinski definition) is 1. The van der Waals surface area contributed by atoms with Crippen LogP contribution in [0.1, 0.15) is 30.5 Å². The van der Waals surface area contributed by atoms with Crippen molar-refractivity contribution < 1.29 is 22.7 Å². The van der Waals surface area contributed by atoms with Crippen molar-refractivity contribution in [3.63, 3.8) is 0 Å². The fourth-order valence-corrected chi connectivity index (χ4v) is 1.46. The number of carbonyl (C=O) groups is 1. The van der Waals surface area contributed by atoms with E-state index in [1.165, 1.54) is 12.1 Å². The van der Waals surface area contributed by atoms with Crippen molar-refractivity contribution in [3.8, 4) is 0 Å². The van der Waals surface area contributed by atoms with Gasteiger partial charge in [0.1, 0.15) is 0 Å². The summed E-state index contributed by atoms with van der Waals surface area (Å²) < 4.78 is 42.1. The highest BCUT2D eigenvalue weighted by atomic mass is 35.5. The normalized spacial score (nSPS) is 12.5. The van der Waals surface area contributed by atoms with Crippen LogP contribution < -0.4 is 5.73 Å². The van der Waals surface area contributed by atoms with Crippen LogP contribution in [0.4, 0.5) is 13.2 Å². The minimum atomic E-state index is -4.42. The third-order valence-electron chi connectivity index (χ3n) is 2.33. The highest BCUT2D eigenvalue weighted by Gasteiger charge is 2.30. The summed E-state index contributed by atoms with van der Waals surface area (Å²) in [4.78, 5) is 11.2. The molecule has 0 aliphatic rings. The third kappa shape index (κ3) is 5.48. The Labute approximate surface area is 115 Å². The van der Waals surface area contributed by atoms with Crippen molar-refractivity contribution in [3.05, 3.63) is 35.4 Å². The van der Waals surface area contributed by atoms with Crippen LogP contribution >= 0.6 is 12.4 Å². The van der Waals surface area contributed by atoms with Gasteiger partial charge in [-0.1, -0.05) is 12.1 Å². The molecule has 0 fully saturated rings. The zero-order valence-electron chi connectivity index (χ0n) is 10.2. The van der Waals surface area contributed by atoms with E-state index in [-0.39, 0.29) is 31.0 Å². The Morgan fingerprint density at radius 1 is 1.42 bits per heavy atom. The Hall–Kier alpha value is -1.27. The van der Waals surface area contributed by atoms with E-state index in [9.17, 15) is 18.0 Å². The van der Waals surface area contributed by atoms with Crippen molar-refractivity contribution >= 4 is 18.4 Å². The number of esters is 1. The predicted octanol–water partition coefficient (Wildman–Crippen LogP) is 3.08. The number of alkyl halides is 3. The molecule has 0 unspecified atom stereocenters. The minimum Gasteiger partial charge on any atom is -0.466 e. The lowest BCUT2D eigenvalue weighted by molar-refractivity contribution is -0.143. The maximum atomic E-state index is 12.5. The van der Waals surface area contributed by atoms with E-state index in [0.29, 0.717) is 0 Å². The number of ether oxygens (including phenoxy) is 1. The second-order valence-electron chi connectivity index (χ2n) is 3.74. The molecule has 2 N–H and O–H groups in total. The van der Waals surface area contributed by atoms with Gasteiger partial charge in [-0.2, -0.15) is 13.2 Å². The molecule has 0 aliphatic heterocycles. The van der Waals surface area contributed by atoms with Gasteiger partial charge in [0.25, 0.3) is 0 Å². The van der Waals surface area contributed by atoms with E-state index >= 15 is 0 Å². The number of nitrogens with two attached hydrogens (primary N) is 1. The average molecular weight is 298 g/mol. The molecule has 1 aromatic carbocycles. The number of hydrogen-bond acceptors (Lipinski definition) is 3. The Morgan fingerprint density at radius 2 is 2.05 bits per heavy atom. The van der Waals surface area contributed by atoms with Crippen LogP contribution in [-0.4, -0.2) is 12.6 Å². The molecule has 1 rings (SSSR count). The quantitative estimate of drug-likeness (QED) is 0.869. The fraction of sp³-hybridized carbons (Fsp3) is 0.417. The second kappa shape index (κ2) is 7.35. The molecule has 0 amide bonds. The van der Waals surface area contributed by atoms with Crippen molar-refractivity contribution in [2.24, 2.45) is 5.73 Å². The van der Waals surface area contributed by atoms with E-state index in [0.717, 1.165) is 12.1 Å². The first kappa shape index (κ1) is 17.7. The largest absolute Gasteiger partial charge is 0.466 e. The van der Waals surface area contributed by atoms with Gasteiger partial charge in [0.05, 0.1) is 18.6 Å². The van der Waals surface area contributed by atoms with Gasteiger partial charge in [-0.15, -0.1) is 12.4 Å². The van der Waals surface area contributed by atoms with Gasteiger partial charge in [-0.25, -0.2) is 0 Å². The summed E-state index contributed by atoms with van der Waals surface area (Å²) in [6, 6.07) is 3.83. The van der Waals surface area contributed by atoms with Crippen LogP contribution in [-0.2, 0) is 15.7 Å². The monoisotopic (exact) mass is 297 g/mol. The smallest absolute Gasteiger partial charge is 0.416 e. The van der Waals surface area contributed by atoms with Gasteiger partial charge in [0.2, 0.25) is 0 Å². The average Bonchev–Trinajstić information content (AvgIpc) is 2.28. The molecular weight excluding hydrogens is 283 g/mol. The number of rotatable bonds is 4. The van der Waals surface area contributed by atoms with E-state index < -0.39 is 23.8 Å². The molecule has 0 heterocycles. The fourth-order valence-electron chi connectivity index (χ4n) is 1.46. The number of carbonyl (C=O) groups excluding carboxylic acids is 1. The summed E-state index contributed by atoms with van der Waals surface area (Å²) in [5, 5.41) is 0. The summed E-state index contributed by atoms with van der Waals surface area (Å²) in [5.41, 5.74) is 5.15. The van der Waals surface area contributed by atoms with Gasteiger partial charge in [0, 0.05) is 6.04 Å². The van der Waals surface area contributed by atoms with E-state index in [1.54, 1.807) is 6.92 Å². The summed E-state index contributed by atoms with van der Waals surface area (Å²) in [5.74, 6) is -0.526. The van der Waals surface area contributed by atoms with Gasteiger partial charge in [-0.05, 0) is 24.6 Å². The van der Waals surface area contributed by atoms with Crippen LogP contribution in [0.3, 0.4) is 0 Å². The maximum Gasteiger partial charge on any atom is 0.416 e. The molecule has 0 saturated heterocycles. The summed E-state index contributed by atoms with van der Waals surface area (Å²) in [6.45, 7) is 1.86. The number of halogens is 4. The summed E-state index contributed by atoms with van der Waals surface area (Å²) in [7, 11) is 0. The molecule has 0 radical (unpaired) electrons. The van der Waals surface area contributed by atoms with Crippen LogP contribution in [0.2, 0.25) is 0 Å². The highest BCUT2D eigenvalue weighted by Crippen LogP contribution is 2.30. The molecule has 19 heavy (non-hydrogen) atoms. The lowest BCUT2D eigenvalue weighted by atomic mass is 10.0. The minimum absolute atomic E-state index is 0. The molecule has 3 nitrogen and oxygen atoms in total. The van der Waals surface area contributed by atoms with Crippen LogP contribution in [0.5, 0.6) is 0 Å². The van der Waals surface area contributed by atoms with Crippen LogP contribution in [0, 0.1) is 0 Å². The zero-order valence-corrected chi connectivity index (χ0v) is 11.1. The van der Waals surface area contributed by atoms with E-state index in [4.69, 9.17) is 10.5 Å². The number of benzene rings is 1. The summed E-state index contributed by atoms with van der Waals surface area (Å²) >= 11 is 0. The first-order chi connectivity index (χ1) is 8.34. The topological polar surface area (TPSA) is 52.3 Å². The van der Waals surface area contributed by atoms with E-state index in [2.05, 4.69) is 0 Å². The lowest BCUT2D eigenvalue weighted by Crippen LogP contribution is -2.18. The Balaban J connectivity index is 0.00000324. The molecule has 0 saturated carbocycles. The molecular formula is C12H15ClF3NO2. The molecule has 108 valence electrons. The molecule has 1 atom stereocenters. The molecule has 7 heteroatoms. The van der Waals surface area contributed by atoms with Gasteiger partial charge < -0.3 is 10.5 Å². The van der Waals surface area contributed by atoms with Crippen molar-refractivity contribution in [1.29, 1.82) is 0 Å². The first-order valence-corrected chi connectivity index (χ1v) is 5.43. The Bertz CT molecular complexity index is 424. The second-order valence-corrected chi connectivity index (χ2v) is 3.74. The van der Waals surface area contributed by atoms with Gasteiger partial charge in [-0.3, -0.25) is 4.79 Å². The SMILES string of the molecule is CCOC(=O)C[C@@H](N)c1cccc(C(F)(F)F)c1.Cl. The van der Waals surface area contributed by atoms with Crippen molar-refractivity contribution in [1.82, 2.24) is 0 Å². The van der Waals surface area contributed by atoms with E-state index in [1.807, 2.05) is 0 Å². The maximum absolute atomic E-state index is 12.5. The molecule has 0 aromatic heterocycles. The lowest BCUT2D eigenvalue weighted by Gasteiger charge is -2.13. The standard InChI is InChI=1S/C12H14F3NO2.ClH/c1-2-18-11(17)7-10(16)8-4-3-5-9(6-8)12(13,14)15;/h3-6,10H,2,7,16H2,1H3;1H/t10-;/m1./s1. The third-order valence-corrected chi connectivity index (χ3v) is 2.33. The van der Waals surface area contributed by atoms with Gasteiger partial charge in [0.15, 0.2) is 0 Å². The molecule has 0 spiro atoms. The first-order valence-electron chi connectivity index (χ1n) is 5.43. The van der Waals surface area contributed by atoms with Gasteiger partial charge >= 0.3 is 12.1 Å². The molecule has 1 aromatic rings. The van der Waals surface area contributed by atoms with Crippen LogP contribution in [0.25, 0.3) is 0 Å². The Morgan fingerprint density at radius 3 is 2.58 bits per heavy atom. The molecule has 0 bridgehead atoms. The Kier molecular flexibility index (Phi) is 6.86. The van der Waals surface area contributed by atoms with Crippen LogP contribution in [0.15, 0.2) is 24.3 Å². The zero-order chi connectivity index (χ0) is 13.8. The predicted molar refractivity (Wildman–Crippen MR) is 66.9 cm³/mol. The van der Waals surface area contributed by atoms with Crippen molar-refractivity contribution in [2.45, 2.75) is 25.6 Å². The van der Waals surface area contributed by atoms with Crippen molar-refractivity contribution in [2.75, 3.05) is 6.61 Å².